The Bertz CT molecular complexity index is 1160. The van der Waals surface area contributed by atoms with Gasteiger partial charge in [0.1, 0.15) is 11.6 Å². The first-order valence-corrected chi connectivity index (χ1v) is 9.80. The maximum Gasteiger partial charge on any atom is 0.258 e. The van der Waals surface area contributed by atoms with Crippen LogP contribution in [-0.4, -0.2) is 20.2 Å². The summed E-state index contributed by atoms with van der Waals surface area (Å²) >= 11 is 2.74. The minimum absolute atomic E-state index is 0.128. The zero-order valence-electron chi connectivity index (χ0n) is 14.1. The van der Waals surface area contributed by atoms with Crippen molar-refractivity contribution in [3.8, 4) is 0 Å². The van der Waals surface area contributed by atoms with E-state index >= 15 is 0 Å². The maximum absolute atomic E-state index is 13.7. The molecule has 0 aliphatic carbocycles. The number of aromatic nitrogens is 4. The van der Waals surface area contributed by atoms with Gasteiger partial charge in [-0.1, -0.05) is 47.4 Å². The van der Waals surface area contributed by atoms with Gasteiger partial charge in [-0.25, -0.2) is 9.37 Å². The van der Waals surface area contributed by atoms with Crippen molar-refractivity contribution in [3.05, 3.63) is 70.5 Å². The fraction of sp³-hybridized carbons (Fsp3) is 0.111. The van der Waals surface area contributed by atoms with Crippen molar-refractivity contribution >= 4 is 44.8 Å². The monoisotopic (exact) mass is 399 g/mol. The summed E-state index contributed by atoms with van der Waals surface area (Å²) in [6.45, 7) is 1.93. The van der Waals surface area contributed by atoms with Crippen LogP contribution in [0.4, 0.5) is 15.2 Å². The van der Waals surface area contributed by atoms with Crippen LogP contribution in [0.2, 0.25) is 0 Å². The number of nitrogens with zero attached hydrogens (tertiary/aromatic N) is 3. The molecular weight excluding hydrogens is 385 g/mol. The van der Waals surface area contributed by atoms with Gasteiger partial charge in [-0.2, -0.15) is 0 Å². The molecule has 2 N–H and O–H groups in total. The minimum atomic E-state index is -0.354. The largest absolute Gasteiger partial charge is 0.328 e. The van der Waals surface area contributed by atoms with Gasteiger partial charge in [0.15, 0.2) is 4.34 Å². The Morgan fingerprint density at radius 3 is 2.78 bits per heavy atom. The average molecular weight is 399 g/mol. The van der Waals surface area contributed by atoms with Gasteiger partial charge in [-0.3, -0.25) is 4.79 Å². The number of nitrogens with one attached hydrogen (secondary N) is 2. The highest BCUT2D eigenvalue weighted by Gasteiger charge is 2.15. The topological polar surface area (TPSA) is 83.6 Å². The Labute approximate surface area is 161 Å². The van der Waals surface area contributed by atoms with Gasteiger partial charge >= 0.3 is 0 Å². The van der Waals surface area contributed by atoms with Gasteiger partial charge in [-0.15, -0.1) is 10.2 Å². The molecule has 0 amide bonds. The lowest BCUT2D eigenvalue weighted by molar-refractivity contribution is 0.632. The molecule has 9 heteroatoms. The second-order valence-electron chi connectivity index (χ2n) is 5.71. The summed E-state index contributed by atoms with van der Waals surface area (Å²) in [5, 5.41) is 12.0. The number of thioether (sulfide) groups is 1. The third kappa shape index (κ3) is 3.83. The molecular formula is C18H14FN5OS2. The van der Waals surface area contributed by atoms with E-state index in [0.717, 1.165) is 0 Å². The number of anilines is 2. The molecule has 1 atom stereocenters. The summed E-state index contributed by atoms with van der Waals surface area (Å²) in [6, 6.07) is 13.6. The Balaban J connectivity index is 1.52. The molecule has 0 spiro atoms. The summed E-state index contributed by atoms with van der Waals surface area (Å²) < 4.78 is 14.4. The van der Waals surface area contributed by atoms with Crippen molar-refractivity contribution in [2.24, 2.45) is 0 Å². The number of para-hydroxylation sites is 2. The van der Waals surface area contributed by atoms with Crippen molar-refractivity contribution in [3.63, 3.8) is 0 Å². The van der Waals surface area contributed by atoms with Crippen molar-refractivity contribution < 1.29 is 4.39 Å². The fourth-order valence-corrected chi connectivity index (χ4v) is 4.46. The summed E-state index contributed by atoms with van der Waals surface area (Å²) in [4.78, 5) is 19.6. The number of rotatable bonds is 5. The number of H-pyrrole nitrogens is 1. The van der Waals surface area contributed by atoms with Gasteiger partial charge in [0, 0.05) is 0 Å². The molecule has 0 bridgehead atoms. The first-order valence-electron chi connectivity index (χ1n) is 8.11. The number of halogens is 1. The van der Waals surface area contributed by atoms with Crippen LogP contribution in [0.15, 0.2) is 57.7 Å². The van der Waals surface area contributed by atoms with E-state index in [1.54, 1.807) is 24.3 Å². The highest BCUT2D eigenvalue weighted by molar-refractivity contribution is 8.01. The number of benzene rings is 2. The van der Waals surface area contributed by atoms with E-state index in [4.69, 9.17) is 0 Å². The van der Waals surface area contributed by atoms with Crippen LogP contribution < -0.4 is 10.9 Å². The normalized spacial score (nSPS) is 12.2. The summed E-state index contributed by atoms with van der Waals surface area (Å²) in [7, 11) is 0. The standard InChI is InChI=1S/C18H14FN5OS2/c1-10(15-20-13-8-4-2-6-11(13)16(25)22-15)26-18-24-23-17(27-18)21-14-9-5-3-7-12(14)19/h2-10H,1H3,(H,21,23)(H,20,22,25). The zero-order chi connectivity index (χ0) is 18.8. The number of aromatic amines is 1. The molecule has 0 saturated carbocycles. The first kappa shape index (κ1) is 17.6. The first-order chi connectivity index (χ1) is 13.1. The molecule has 136 valence electrons. The smallest absolute Gasteiger partial charge is 0.258 e. The van der Waals surface area contributed by atoms with E-state index in [2.05, 4.69) is 25.5 Å². The molecule has 0 aliphatic heterocycles. The number of fused-ring (bicyclic) bond motifs is 1. The fourth-order valence-electron chi connectivity index (χ4n) is 2.49. The van der Waals surface area contributed by atoms with E-state index in [-0.39, 0.29) is 16.6 Å². The molecule has 4 rings (SSSR count). The molecule has 1 unspecified atom stereocenters. The second kappa shape index (κ2) is 7.45. The quantitative estimate of drug-likeness (QED) is 0.481. The lowest BCUT2D eigenvalue weighted by Gasteiger charge is -2.08. The molecule has 0 aliphatic rings. The predicted molar refractivity (Wildman–Crippen MR) is 106 cm³/mol. The van der Waals surface area contributed by atoms with Gasteiger partial charge in [0.05, 0.1) is 21.8 Å². The van der Waals surface area contributed by atoms with E-state index < -0.39 is 0 Å². The highest BCUT2D eigenvalue weighted by Crippen LogP contribution is 2.36. The molecule has 0 saturated heterocycles. The molecule has 4 aromatic rings. The molecule has 2 heterocycles. The minimum Gasteiger partial charge on any atom is -0.328 e. The van der Waals surface area contributed by atoms with Crippen molar-refractivity contribution in [2.45, 2.75) is 16.5 Å². The molecule has 0 radical (unpaired) electrons. The van der Waals surface area contributed by atoms with E-state index in [0.29, 0.717) is 31.9 Å². The van der Waals surface area contributed by atoms with E-state index in [1.165, 1.54) is 29.2 Å². The van der Waals surface area contributed by atoms with Crippen LogP contribution in [0.5, 0.6) is 0 Å². The highest BCUT2D eigenvalue weighted by atomic mass is 32.2. The summed E-state index contributed by atoms with van der Waals surface area (Å²) in [6.07, 6.45) is 0. The van der Waals surface area contributed by atoms with Crippen LogP contribution in [0, 0.1) is 5.82 Å². The van der Waals surface area contributed by atoms with Gasteiger partial charge in [0.25, 0.3) is 5.56 Å². The Hall–Kier alpha value is -2.78. The van der Waals surface area contributed by atoms with Gasteiger partial charge in [0.2, 0.25) is 5.13 Å². The summed E-state index contributed by atoms with van der Waals surface area (Å²) in [5.41, 5.74) is 0.837. The Kier molecular flexibility index (Phi) is 4.87. The molecule has 2 aromatic carbocycles. The maximum atomic E-state index is 13.7. The zero-order valence-corrected chi connectivity index (χ0v) is 15.8. The average Bonchev–Trinajstić information content (AvgIpc) is 3.10. The van der Waals surface area contributed by atoms with Crippen LogP contribution in [0.3, 0.4) is 0 Å². The van der Waals surface area contributed by atoms with Crippen molar-refractivity contribution in [2.75, 3.05) is 5.32 Å². The second-order valence-corrected chi connectivity index (χ2v) is 8.27. The van der Waals surface area contributed by atoms with Crippen LogP contribution in [0.25, 0.3) is 10.9 Å². The van der Waals surface area contributed by atoms with E-state index in [9.17, 15) is 9.18 Å². The molecule has 2 aromatic heterocycles. The number of hydrogen-bond donors (Lipinski definition) is 2. The van der Waals surface area contributed by atoms with Crippen molar-refractivity contribution in [1.82, 2.24) is 20.2 Å². The Morgan fingerprint density at radius 1 is 1.15 bits per heavy atom. The SMILES string of the molecule is CC(Sc1nnc(Nc2ccccc2F)s1)c1nc2ccccc2c(=O)[nH]1. The number of hydrogen-bond acceptors (Lipinski definition) is 7. The summed E-state index contributed by atoms with van der Waals surface area (Å²) in [5.74, 6) is 0.218. The molecule has 0 fully saturated rings. The van der Waals surface area contributed by atoms with Gasteiger partial charge in [-0.05, 0) is 31.2 Å². The lowest BCUT2D eigenvalue weighted by Crippen LogP contribution is -2.12. The molecule has 6 nitrogen and oxygen atoms in total. The predicted octanol–water partition coefficient (Wildman–Crippen LogP) is 4.51. The van der Waals surface area contributed by atoms with Crippen molar-refractivity contribution in [1.29, 1.82) is 0 Å². The Morgan fingerprint density at radius 2 is 1.93 bits per heavy atom. The van der Waals surface area contributed by atoms with Crippen LogP contribution in [0.1, 0.15) is 18.0 Å². The lowest BCUT2D eigenvalue weighted by atomic mass is 10.2. The van der Waals surface area contributed by atoms with Crippen LogP contribution >= 0.6 is 23.1 Å². The third-order valence-corrected chi connectivity index (χ3v) is 5.85. The van der Waals surface area contributed by atoms with E-state index in [1.807, 2.05) is 25.1 Å². The van der Waals surface area contributed by atoms with Crippen LogP contribution in [-0.2, 0) is 0 Å². The molecule has 27 heavy (non-hydrogen) atoms. The third-order valence-electron chi connectivity index (χ3n) is 3.82. The van der Waals surface area contributed by atoms with Gasteiger partial charge < -0.3 is 10.3 Å².